The second-order valence-corrected chi connectivity index (χ2v) is 8.20. The lowest BCUT2D eigenvalue weighted by atomic mass is 10.2. The molecule has 1 amide bonds. The smallest absolute Gasteiger partial charge is 0.255 e. The highest BCUT2D eigenvalue weighted by molar-refractivity contribution is 6.09. The molecule has 0 aliphatic carbocycles. The highest BCUT2D eigenvalue weighted by Gasteiger charge is 2.18. The van der Waals surface area contributed by atoms with Gasteiger partial charge >= 0.3 is 0 Å². The van der Waals surface area contributed by atoms with E-state index in [4.69, 9.17) is 5.11 Å². The molecular weight excluding hydrogens is 430 g/mol. The largest absolute Gasteiger partial charge is 0.395 e. The van der Waals surface area contributed by atoms with Gasteiger partial charge in [-0.2, -0.15) is 4.98 Å². The highest BCUT2D eigenvalue weighted by atomic mass is 16.3. The number of aromatic amines is 1. The van der Waals surface area contributed by atoms with E-state index in [2.05, 4.69) is 35.4 Å². The summed E-state index contributed by atoms with van der Waals surface area (Å²) in [5.41, 5.74) is 3.14. The Kier molecular flexibility index (Phi) is 6.37. The summed E-state index contributed by atoms with van der Waals surface area (Å²) < 4.78 is 0. The average Bonchev–Trinajstić information content (AvgIpc) is 3.28. The maximum absolute atomic E-state index is 12.7. The van der Waals surface area contributed by atoms with Crippen LogP contribution in [0.2, 0.25) is 0 Å². The standard InChI is InChI=1S/C25H27N7O2/c33-16-15-31-11-13-32(14-12-31)25-26-10-9-23(30-25)28-19-7-5-18(6-8-19)24(34)29-22-17-27-21-4-2-1-3-20(21)22/h1-10,17,27,33H,11-16H2,(H,29,34)(H,26,28,30). The van der Waals surface area contributed by atoms with Crippen molar-refractivity contribution in [3.8, 4) is 0 Å². The summed E-state index contributed by atoms with van der Waals surface area (Å²) in [5.74, 6) is 1.21. The van der Waals surface area contributed by atoms with E-state index in [1.165, 1.54) is 0 Å². The fourth-order valence-corrected chi connectivity index (χ4v) is 4.11. The molecule has 0 bridgehead atoms. The summed E-state index contributed by atoms with van der Waals surface area (Å²) in [6.07, 6.45) is 3.55. The molecule has 0 radical (unpaired) electrons. The number of nitrogens with one attached hydrogen (secondary N) is 3. The van der Waals surface area contributed by atoms with Crippen molar-refractivity contribution < 1.29 is 9.90 Å². The van der Waals surface area contributed by atoms with Crippen molar-refractivity contribution in [1.82, 2.24) is 19.9 Å². The van der Waals surface area contributed by atoms with Crippen molar-refractivity contribution in [1.29, 1.82) is 0 Å². The van der Waals surface area contributed by atoms with Crippen LogP contribution in [-0.2, 0) is 0 Å². The van der Waals surface area contributed by atoms with Crippen LogP contribution < -0.4 is 15.5 Å². The minimum absolute atomic E-state index is 0.166. The molecule has 2 aromatic carbocycles. The molecule has 0 saturated carbocycles. The summed E-state index contributed by atoms with van der Waals surface area (Å²) in [5, 5.41) is 16.3. The van der Waals surface area contributed by atoms with E-state index < -0.39 is 0 Å². The number of aromatic nitrogens is 3. The molecule has 9 nitrogen and oxygen atoms in total. The Labute approximate surface area is 197 Å². The van der Waals surface area contributed by atoms with E-state index in [0.717, 1.165) is 48.5 Å². The molecule has 0 unspecified atom stereocenters. The zero-order chi connectivity index (χ0) is 23.3. The number of rotatable bonds is 7. The number of nitrogens with zero attached hydrogens (tertiary/aromatic N) is 4. The molecule has 174 valence electrons. The van der Waals surface area contributed by atoms with Gasteiger partial charge in [0.25, 0.3) is 5.91 Å². The maximum Gasteiger partial charge on any atom is 0.255 e. The number of para-hydroxylation sites is 1. The van der Waals surface area contributed by atoms with Crippen LogP contribution in [0.15, 0.2) is 67.0 Å². The molecule has 4 N–H and O–H groups in total. The van der Waals surface area contributed by atoms with Gasteiger partial charge in [-0.25, -0.2) is 4.98 Å². The molecule has 2 aromatic heterocycles. The molecule has 34 heavy (non-hydrogen) atoms. The molecule has 1 saturated heterocycles. The number of hydrogen-bond acceptors (Lipinski definition) is 7. The van der Waals surface area contributed by atoms with Gasteiger partial charge in [0.2, 0.25) is 5.95 Å². The van der Waals surface area contributed by atoms with Crippen LogP contribution >= 0.6 is 0 Å². The van der Waals surface area contributed by atoms with Crippen molar-refractivity contribution in [3.63, 3.8) is 0 Å². The Morgan fingerprint density at radius 3 is 2.62 bits per heavy atom. The third-order valence-electron chi connectivity index (χ3n) is 5.97. The summed E-state index contributed by atoms with van der Waals surface area (Å²) >= 11 is 0. The van der Waals surface area contributed by atoms with Gasteiger partial charge in [-0.15, -0.1) is 0 Å². The van der Waals surface area contributed by atoms with Crippen molar-refractivity contribution in [3.05, 3.63) is 72.6 Å². The van der Waals surface area contributed by atoms with Gasteiger partial charge in [-0.05, 0) is 36.4 Å². The highest BCUT2D eigenvalue weighted by Crippen LogP contribution is 2.24. The molecule has 1 aliphatic rings. The normalized spacial score (nSPS) is 14.3. The number of anilines is 4. The zero-order valence-electron chi connectivity index (χ0n) is 18.7. The lowest BCUT2D eigenvalue weighted by Crippen LogP contribution is -2.47. The molecule has 9 heteroatoms. The van der Waals surface area contributed by atoms with Crippen LogP contribution in [0.3, 0.4) is 0 Å². The zero-order valence-corrected chi connectivity index (χ0v) is 18.7. The molecule has 0 spiro atoms. The van der Waals surface area contributed by atoms with Crippen molar-refractivity contribution in [2.45, 2.75) is 0 Å². The van der Waals surface area contributed by atoms with Gasteiger partial charge in [-0.1, -0.05) is 18.2 Å². The number of amides is 1. The van der Waals surface area contributed by atoms with E-state index in [0.29, 0.717) is 23.9 Å². The van der Waals surface area contributed by atoms with E-state index in [1.807, 2.05) is 42.5 Å². The number of carbonyl (C=O) groups excluding carboxylic acids is 1. The predicted molar refractivity (Wildman–Crippen MR) is 134 cm³/mol. The van der Waals surface area contributed by atoms with Crippen LogP contribution in [-0.4, -0.2) is 70.2 Å². The number of aliphatic hydroxyl groups excluding tert-OH is 1. The molecule has 1 aliphatic heterocycles. The first-order chi connectivity index (χ1) is 16.7. The third kappa shape index (κ3) is 4.85. The number of fused-ring (bicyclic) bond motifs is 1. The van der Waals surface area contributed by atoms with E-state index >= 15 is 0 Å². The number of aliphatic hydroxyl groups is 1. The lowest BCUT2D eigenvalue weighted by Gasteiger charge is -2.34. The van der Waals surface area contributed by atoms with Gasteiger partial charge in [-0.3, -0.25) is 9.69 Å². The minimum Gasteiger partial charge on any atom is -0.395 e. The summed E-state index contributed by atoms with van der Waals surface area (Å²) in [4.78, 5) is 29.3. The van der Waals surface area contributed by atoms with Gasteiger partial charge < -0.3 is 25.6 Å². The number of H-pyrrole nitrogens is 1. The fraction of sp³-hybridized carbons (Fsp3) is 0.240. The van der Waals surface area contributed by atoms with Gasteiger partial charge in [0.05, 0.1) is 12.3 Å². The first-order valence-corrected chi connectivity index (χ1v) is 11.4. The minimum atomic E-state index is -0.166. The predicted octanol–water partition coefficient (Wildman–Crippen LogP) is 3.07. The number of β-amino-alcohol motifs (C(OH)–C–C–N with tert-alkyl or cyclic N) is 1. The quantitative estimate of drug-likeness (QED) is 0.338. The Bertz CT molecular complexity index is 1260. The fourth-order valence-electron chi connectivity index (χ4n) is 4.11. The Balaban J connectivity index is 1.21. The van der Waals surface area contributed by atoms with Crippen LogP contribution in [0.25, 0.3) is 10.9 Å². The Morgan fingerprint density at radius 1 is 1.03 bits per heavy atom. The van der Waals surface area contributed by atoms with Crippen LogP contribution in [0.5, 0.6) is 0 Å². The van der Waals surface area contributed by atoms with Crippen LogP contribution in [0.1, 0.15) is 10.4 Å². The van der Waals surface area contributed by atoms with Gasteiger partial charge in [0, 0.05) is 67.3 Å². The van der Waals surface area contributed by atoms with Crippen LogP contribution in [0, 0.1) is 0 Å². The third-order valence-corrected chi connectivity index (χ3v) is 5.97. The maximum atomic E-state index is 12.7. The van der Waals surface area contributed by atoms with E-state index in [1.54, 1.807) is 24.5 Å². The average molecular weight is 458 g/mol. The molecule has 5 rings (SSSR count). The van der Waals surface area contributed by atoms with E-state index in [-0.39, 0.29) is 12.5 Å². The second kappa shape index (κ2) is 9.90. The number of benzene rings is 2. The molecule has 1 fully saturated rings. The molecule has 3 heterocycles. The molecule has 0 atom stereocenters. The SMILES string of the molecule is O=C(Nc1c[nH]c2ccccc12)c1ccc(Nc2ccnc(N3CCN(CCO)CC3)n2)cc1. The van der Waals surface area contributed by atoms with Crippen molar-refractivity contribution in [2.24, 2.45) is 0 Å². The van der Waals surface area contributed by atoms with E-state index in [9.17, 15) is 4.79 Å². The first kappa shape index (κ1) is 21.9. The Morgan fingerprint density at radius 2 is 1.82 bits per heavy atom. The lowest BCUT2D eigenvalue weighted by molar-refractivity contribution is 0.102. The van der Waals surface area contributed by atoms with Crippen molar-refractivity contribution in [2.75, 3.05) is 54.9 Å². The number of carbonyl (C=O) groups is 1. The Hall–Kier alpha value is -3.95. The number of piperazine rings is 1. The van der Waals surface area contributed by atoms with Gasteiger partial charge in [0.15, 0.2) is 0 Å². The topological polar surface area (TPSA) is 109 Å². The molecule has 4 aromatic rings. The second-order valence-electron chi connectivity index (χ2n) is 8.20. The summed E-state index contributed by atoms with van der Waals surface area (Å²) in [6.45, 7) is 4.28. The van der Waals surface area contributed by atoms with Gasteiger partial charge in [0.1, 0.15) is 5.82 Å². The summed E-state index contributed by atoms with van der Waals surface area (Å²) in [6, 6.07) is 17.0. The first-order valence-electron chi connectivity index (χ1n) is 11.4. The molecular formula is C25H27N7O2. The summed E-state index contributed by atoms with van der Waals surface area (Å²) in [7, 11) is 0. The monoisotopic (exact) mass is 457 g/mol. The van der Waals surface area contributed by atoms with Crippen molar-refractivity contribution >= 4 is 40.0 Å². The number of hydrogen-bond donors (Lipinski definition) is 4. The van der Waals surface area contributed by atoms with Crippen LogP contribution in [0.4, 0.5) is 23.1 Å².